The Hall–Kier alpha value is -1.45. The summed E-state index contributed by atoms with van der Waals surface area (Å²) in [5, 5.41) is 7.65. The van der Waals surface area contributed by atoms with Gasteiger partial charge in [-0.25, -0.2) is 0 Å². The van der Waals surface area contributed by atoms with Gasteiger partial charge in [0.15, 0.2) is 5.82 Å². The molecule has 0 fully saturated rings. The molecule has 0 spiro atoms. The van der Waals surface area contributed by atoms with Gasteiger partial charge in [-0.05, 0) is 12.1 Å². The Morgan fingerprint density at radius 2 is 1.79 bits per heavy atom. The molecule has 2 radical (unpaired) electrons. The first kappa shape index (κ1) is 12.6. The maximum atomic E-state index is 5.53. The number of hydrogen-bond acceptors (Lipinski definition) is 2. The molecule has 3 nitrogen and oxygen atoms in total. The van der Waals surface area contributed by atoms with E-state index in [9.17, 15) is 0 Å². The van der Waals surface area contributed by atoms with Crippen molar-refractivity contribution in [2.45, 2.75) is 20.7 Å². The minimum atomic E-state index is 0.565. The molecule has 2 rings (SSSR count). The number of nitrogens with one attached hydrogen (secondary N) is 1. The number of para-hydroxylation sites is 1. The van der Waals surface area contributed by atoms with Crippen LogP contribution in [-0.4, -0.2) is 18.0 Å². The van der Waals surface area contributed by atoms with E-state index in [2.05, 4.69) is 18.0 Å². The van der Waals surface area contributed by atoms with E-state index in [4.69, 9.17) is 5.73 Å². The fraction of sp³-hybridized carbons (Fsp3) is 0.300. The van der Waals surface area contributed by atoms with Crippen molar-refractivity contribution in [1.29, 1.82) is 0 Å². The van der Waals surface area contributed by atoms with Gasteiger partial charge in [0.25, 0.3) is 0 Å². The smallest absolute Gasteiger partial charge is 0.153 e. The van der Waals surface area contributed by atoms with E-state index >= 15 is 0 Å². The average Bonchev–Trinajstić information content (AvgIpc) is 2.67. The molecule has 4 heteroatoms. The first-order valence-electron chi connectivity index (χ1n) is 4.64. The van der Waals surface area contributed by atoms with Gasteiger partial charge in [-0.3, -0.25) is 5.10 Å². The first-order valence-corrected chi connectivity index (χ1v) is 4.64. The second kappa shape index (κ2) is 7.01. The molecule has 0 unspecified atom stereocenters. The van der Waals surface area contributed by atoms with Gasteiger partial charge in [-0.2, -0.15) is 5.10 Å². The number of nitrogen functional groups attached to an aromatic ring is 1. The van der Waals surface area contributed by atoms with Crippen molar-refractivity contribution >= 4 is 24.6 Å². The molecule has 74 valence electrons. The van der Waals surface area contributed by atoms with Crippen molar-refractivity contribution in [2.24, 2.45) is 0 Å². The van der Waals surface area contributed by atoms with Crippen molar-refractivity contribution < 1.29 is 0 Å². The summed E-state index contributed by atoms with van der Waals surface area (Å²) in [6, 6.07) is 7.76. The van der Waals surface area contributed by atoms with E-state index in [0.717, 1.165) is 10.9 Å². The number of aromatic amines is 1. The summed E-state index contributed by atoms with van der Waals surface area (Å²) >= 11 is 0. The van der Waals surface area contributed by atoms with Crippen LogP contribution in [0.4, 0.5) is 5.82 Å². The zero-order valence-corrected chi connectivity index (χ0v) is 8.91. The number of fused-ring (bicyclic) bond motifs is 1. The molecule has 3 N–H and O–H groups in total. The van der Waals surface area contributed by atoms with Crippen LogP contribution in [0.2, 0.25) is 6.82 Å². The highest BCUT2D eigenvalue weighted by Crippen LogP contribution is 2.15. The third-order valence-electron chi connectivity index (χ3n) is 1.50. The molecule has 0 aliphatic rings. The van der Waals surface area contributed by atoms with Crippen LogP contribution >= 0.6 is 0 Å². The number of anilines is 1. The maximum absolute atomic E-state index is 5.53. The Balaban J connectivity index is 0.000000379. The first-order chi connectivity index (χ1) is 6.88. The molecule has 14 heavy (non-hydrogen) atoms. The van der Waals surface area contributed by atoms with Crippen LogP contribution in [0.25, 0.3) is 10.9 Å². The van der Waals surface area contributed by atoms with E-state index in [-0.39, 0.29) is 0 Å². The zero-order valence-electron chi connectivity index (χ0n) is 8.91. The minimum Gasteiger partial charge on any atom is -0.382 e. The number of nitrogens with zero attached hydrogens (tertiary/aromatic N) is 1. The summed E-state index contributed by atoms with van der Waals surface area (Å²) in [5.41, 5.74) is 6.52. The van der Waals surface area contributed by atoms with Gasteiger partial charge in [0, 0.05) is 5.39 Å². The lowest BCUT2D eigenvalue weighted by molar-refractivity contribution is 1.13. The molecule has 1 aromatic heterocycles. The summed E-state index contributed by atoms with van der Waals surface area (Å²) in [4.78, 5) is 0. The van der Waals surface area contributed by atoms with Crippen molar-refractivity contribution in [3.05, 3.63) is 24.3 Å². The topological polar surface area (TPSA) is 54.7 Å². The van der Waals surface area contributed by atoms with Gasteiger partial charge in [0.2, 0.25) is 0 Å². The molecule has 0 atom stereocenters. The second-order valence-electron chi connectivity index (χ2n) is 2.15. The van der Waals surface area contributed by atoms with Crippen molar-refractivity contribution in [2.75, 3.05) is 5.73 Å². The number of H-pyrrole nitrogens is 1. The predicted molar refractivity (Wildman–Crippen MR) is 63.5 cm³/mol. The molecule has 0 saturated heterocycles. The fourth-order valence-corrected chi connectivity index (χ4v) is 0.985. The third-order valence-corrected chi connectivity index (χ3v) is 1.50. The SMILES string of the molecule is CC.Nc1n[nH]c2ccccc12.[B]C. The van der Waals surface area contributed by atoms with Crippen molar-refractivity contribution in [3.8, 4) is 0 Å². The molecule has 2 aromatic rings. The molecular weight excluding hydrogens is 173 g/mol. The molecule has 0 amide bonds. The van der Waals surface area contributed by atoms with Crippen LogP contribution < -0.4 is 5.73 Å². The fourth-order valence-electron chi connectivity index (χ4n) is 0.985. The van der Waals surface area contributed by atoms with Gasteiger partial charge in [0.1, 0.15) is 0 Å². The number of benzene rings is 1. The van der Waals surface area contributed by atoms with Crippen LogP contribution in [-0.2, 0) is 0 Å². The molecule has 1 aromatic carbocycles. The Morgan fingerprint density at radius 3 is 2.36 bits per heavy atom. The lowest BCUT2D eigenvalue weighted by Crippen LogP contribution is -1.82. The Morgan fingerprint density at radius 1 is 1.21 bits per heavy atom. The standard InChI is InChI=1S/C7H7N3.C2H6.CH3B/c8-7-5-3-1-2-4-6(5)9-10-7;2*1-2/h1-4H,(H3,8,9,10);1-2H3;1H3. The molecule has 1 heterocycles. The van der Waals surface area contributed by atoms with Gasteiger partial charge < -0.3 is 5.73 Å². The number of hydrogen-bond donors (Lipinski definition) is 2. The van der Waals surface area contributed by atoms with Gasteiger partial charge in [0.05, 0.1) is 13.4 Å². The lowest BCUT2D eigenvalue weighted by atomic mass is 10.2. The van der Waals surface area contributed by atoms with E-state index < -0.39 is 0 Å². The van der Waals surface area contributed by atoms with E-state index in [1.807, 2.05) is 38.1 Å². The number of rotatable bonds is 0. The van der Waals surface area contributed by atoms with Gasteiger partial charge >= 0.3 is 0 Å². The Kier molecular flexibility index (Phi) is 6.28. The van der Waals surface area contributed by atoms with Crippen LogP contribution in [0.1, 0.15) is 13.8 Å². The molecule has 0 aliphatic carbocycles. The minimum absolute atomic E-state index is 0.565. The summed E-state index contributed by atoms with van der Waals surface area (Å²) in [5.74, 6) is 0.565. The predicted octanol–water partition coefficient (Wildman–Crippen LogP) is 2.37. The van der Waals surface area contributed by atoms with Crippen molar-refractivity contribution in [1.82, 2.24) is 10.2 Å². The summed E-state index contributed by atoms with van der Waals surface area (Å²) < 4.78 is 0. The highest BCUT2D eigenvalue weighted by molar-refractivity contribution is 6.05. The number of aromatic nitrogens is 2. The average molecular weight is 189 g/mol. The van der Waals surface area contributed by atoms with Crippen LogP contribution in [0.3, 0.4) is 0 Å². The third kappa shape index (κ3) is 2.80. The highest BCUT2D eigenvalue weighted by atomic mass is 15.1. The molecular formula is C10H16BN3. The second-order valence-corrected chi connectivity index (χ2v) is 2.15. The van der Waals surface area contributed by atoms with Crippen LogP contribution in [0, 0.1) is 0 Å². The van der Waals surface area contributed by atoms with E-state index in [1.54, 1.807) is 0 Å². The Labute approximate surface area is 86.1 Å². The zero-order chi connectivity index (χ0) is 11.0. The van der Waals surface area contributed by atoms with E-state index in [1.165, 1.54) is 6.82 Å². The van der Waals surface area contributed by atoms with E-state index in [0.29, 0.717) is 5.82 Å². The maximum Gasteiger partial charge on any atom is 0.153 e. The van der Waals surface area contributed by atoms with Gasteiger partial charge in [-0.15, -0.1) is 0 Å². The summed E-state index contributed by atoms with van der Waals surface area (Å²) in [7, 11) is 4.50. The quantitative estimate of drug-likeness (QED) is 0.625. The monoisotopic (exact) mass is 189 g/mol. The van der Waals surface area contributed by atoms with Crippen molar-refractivity contribution in [3.63, 3.8) is 0 Å². The molecule has 0 saturated carbocycles. The summed E-state index contributed by atoms with van der Waals surface area (Å²) in [6.45, 7) is 5.50. The summed E-state index contributed by atoms with van der Waals surface area (Å²) in [6.07, 6.45) is 0. The van der Waals surface area contributed by atoms with Crippen LogP contribution in [0.5, 0.6) is 0 Å². The highest BCUT2D eigenvalue weighted by Gasteiger charge is 1.97. The molecule has 0 aliphatic heterocycles. The lowest BCUT2D eigenvalue weighted by Gasteiger charge is -1.84. The normalized spacial score (nSPS) is 8.21. The largest absolute Gasteiger partial charge is 0.382 e. The van der Waals surface area contributed by atoms with Crippen LogP contribution in [0.15, 0.2) is 24.3 Å². The molecule has 0 bridgehead atoms. The Bertz CT molecular complexity index is 357. The number of nitrogens with two attached hydrogens (primary N) is 1. The van der Waals surface area contributed by atoms with Gasteiger partial charge in [-0.1, -0.05) is 32.8 Å².